The standard InChI is InChI=1S/C17H21N3O3/c1-11-3-4-13(7-12(11)2)8-15(21)19-5-6-20-14(10-19)17(23)18-9-16(20)22/h3-4,7,14H,5-6,8-10H2,1-2H3,(H,18,23). The smallest absolute Gasteiger partial charge is 0.245 e. The molecule has 2 heterocycles. The van der Waals surface area contributed by atoms with Crippen LogP contribution in [0, 0.1) is 13.8 Å². The highest BCUT2D eigenvalue weighted by molar-refractivity contribution is 5.95. The van der Waals surface area contributed by atoms with Crippen molar-refractivity contribution in [2.45, 2.75) is 26.3 Å². The van der Waals surface area contributed by atoms with Crippen LogP contribution in [0.2, 0.25) is 0 Å². The van der Waals surface area contributed by atoms with Crippen LogP contribution < -0.4 is 5.32 Å². The van der Waals surface area contributed by atoms with Crippen LogP contribution in [0.15, 0.2) is 18.2 Å². The molecule has 1 unspecified atom stereocenters. The second-order valence-corrected chi connectivity index (χ2v) is 6.26. The zero-order valence-electron chi connectivity index (χ0n) is 13.5. The molecular formula is C17H21N3O3. The van der Waals surface area contributed by atoms with Crippen molar-refractivity contribution in [2.75, 3.05) is 26.2 Å². The molecule has 0 spiro atoms. The van der Waals surface area contributed by atoms with E-state index in [1.807, 2.05) is 32.0 Å². The van der Waals surface area contributed by atoms with E-state index in [4.69, 9.17) is 0 Å². The molecule has 2 fully saturated rings. The summed E-state index contributed by atoms with van der Waals surface area (Å²) in [6.45, 7) is 5.32. The lowest BCUT2D eigenvalue weighted by molar-refractivity contribution is -0.152. The number of amides is 3. The Morgan fingerprint density at radius 3 is 2.74 bits per heavy atom. The van der Waals surface area contributed by atoms with E-state index in [2.05, 4.69) is 5.32 Å². The summed E-state index contributed by atoms with van der Waals surface area (Å²) >= 11 is 0. The summed E-state index contributed by atoms with van der Waals surface area (Å²) in [6.07, 6.45) is 0.323. The first-order valence-corrected chi connectivity index (χ1v) is 7.87. The molecule has 3 rings (SSSR count). The predicted octanol–water partition coefficient (Wildman–Crippen LogP) is 0.0151. The Morgan fingerprint density at radius 1 is 1.22 bits per heavy atom. The Labute approximate surface area is 135 Å². The molecule has 122 valence electrons. The number of piperazine rings is 2. The molecule has 0 aliphatic carbocycles. The highest BCUT2D eigenvalue weighted by atomic mass is 16.2. The average Bonchev–Trinajstić information content (AvgIpc) is 2.54. The molecule has 1 N–H and O–H groups in total. The molecule has 6 heteroatoms. The third kappa shape index (κ3) is 3.06. The third-order valence-corrected chi connectivity index (χ3v) is 4.70. The maximum atomic E-state index is 12.5. The zero-order valence-corrected chi connectivity index (χ0v) is 13.5. The Balaban J connectivity index is 1.67. The summed E-state index contributed by atoms with van der Waals surface area (Å²) in [7, 11) is 0. The second kappa shape index (κ2) is 6.02. The quantitative estimate of drug-likeness (QED) is 0.836. The lowest BCUT2D eigenvalue weighted by Gasteiger charge is -2.42. The normalized spacial score (nSPS) is 21.0. The molecule has 0 aromatic heterocycles. The Bertz CT molecular complexity index is 671. The van der Waals surface area contributed by atoms with E-state index in [0.717, 1.165) is 11.1 Å². The van der Waals surface area contributed by atoms with Gasteiger partial charge in [0.25, 0.3) is 0 Å². The molecule has 2 saturated heterocycles. The summed E-state index contributed by atoms with van der Waals surface area (Å²) in [6, 6.07) is 5.46. The van der Waals surface area contributed by atoms with Crippen molar-refractivity contribution in [1.82, 2.24) is 15.1 Å². The van der Waals surface area contributed by atoms with Gasteiger partial charge in [-0.25, -0.2) is 0 Å². The molecule has 1 aromatic carbocycles. The van der Waals surface area contributed by atoms with Gasteiger partial charge in [0, 0.05) is 13.1 Å². The summed E-state index contributed by atoms with van der Waals surface area (Å²) in [5, 5.41) is 2.59. The lowest BCUT2D eigenvalue weighted by atomic mass is 10.0. The van der Waals surface area contributed by atoms with Crippen molar-refractivity contribution in [3.63, 3.8) is 0 Å². The van der Waals surface area contributed by atoms with E-state index in [9.17, 15) is 14.4 Å². The molecule has 6 nitrogen and oxygen atoms in total. The van der Waals surface area contributed by atoms with Gasteiger partial charge in [-0.2, -0.15) is 0 Å². The van der Waals surface area contributed by atoms with Crippen LogP contribution in [0.3, 0.4) is 0 Å². The summed E-state index contributed by atoms with van der Waals surface area (Å²) in [5.41, 5.74) is 3.34. The molecule has 2 aliphatic rings. The molecule has 0 saturated carbocycles. The molecule has 0 bridgehead atoms. The number of nitrogens with one attached hydrogen (secondary N) is 1. The monoisotopic (exact) mass is 315 g/mol. The molecule has 1 atom stereocenters. The van der Waals surface area contributed by atoms with Gasteiger partial charge in [-0.1, -0.05) is 18.2 Å². The van der Waals surface area contributed by atoms with Gasteiger partial charge < -0.3 is 15.1 Å². The highest BCUT2D eigenvalue weighted by Gasteiger charge is 2.39. The average molecular weight is 315 g/mol. The number of nitrogens with zero attached hydrogens (tertiary/aromatic N) is 2. The largest absolute Gasteiger partial charge is 0.345 e. The maximum absolute atomic E-state index is 12.5. The van der Waals surface area contributed by atoms with Gasteiger partial charge >= 0.3 is 0 Å². The van der Waals surface area contributed by atoms with Gasteiger partial charge in [-0.05, 0) is 30.5 Å². The minimum atomic E-state index is -0.547. The number of rotatable bonds is 2. The Hall–Kier alpha value is -2.37. The fraction of sp³-hybridized carbons (Fsp3) is 0.471. The van der Waals surface area contributed by atoms with Crippen LogP contribution >= 0.6 is 0 Å². The van der Waals surface area contributed by atoms with Gasteiger partial charge in [-0.3, -0.25) is 14.4 Å². The van der Waals surface area contributed by atoms with Crippen LogP contribution in [0.4, 0.5) is 0 Å². The first-order chi connectivity index (χ1) is 11.0. The number of carbonyl (C=O) groups excluding carboxylic acids is 3. The number of benzene rings is 1. The first-order valence-electron chi connectivity index (χ1n) is 7.87. The van der Waals surface area contributed by atoms with Crippen molar-refractivity contribution in [3.05, 3.63) is 34.9 Å². The summed E-state index contributed by atoms with van der Waals surface area (Å²) in [4.78, 5) is 39.5. The number of carbonyl (C=O) groups is 3. The van der Waals surface area contributed by atoms with Crippen molar-refractivity contribution < 1.29 is 14.4 Å². The summed E-state index contributed by atoms with van der Waals surface area (Å²) < 4.78 is 0. The Morgan fingerprint density at radius 2 is 2.00 bits per heavy atom. The SMILES string of the molecule is Cc1ccc(CC(=O)N2CCN3C(=O)CNC(=O)C3C2)cc1C. The third-order valence-electron chi connectivity index (χ3n) is 4.70. The van der Waals surface area contributed by atoms with Gasteiger partial charge in [0.1, 0.15) is 6.04 Å². The highest BCUT2D eigenvalue weighted by Crippen LogP contribution is 2.16. The van der Waals surface area contributed by atoms with Crippen molar-refractivity contribution in [1.29, 1.82) is 0 Å². The van der Waals surface area contributed by atoms with Crippen LogP contribution in [0.1, 0.15) is 16.7 Å². The second-order valence-electron chi connectivity index (χ2n) is 6.26. The Kier molecular flexibility index (Phi) is 4.07. The molecule has 23 heavy (non-hydrogen) atoms. The van der Waals surface area contributed by atoms with E-state index in [0.29, 0.717) is 19.5 Å². The van der Waals surface area contributed by atoms with E-state index >= 15 is 0 Å². The number of fused-ring (bicyclic) bond motifs is 1. The molecule has 0 radical (unpaired) electrons. The number of hydrogen-bond acceptors (Lipinski definition) is 3. The fourth-order valence-electron chi connectivity index (χ4n) is 3.11. The van der Waals surface area contributed by atoms with E-state index in [-0.39, 0.29) is 30.8 Å². The molecule has 3 amide bonds. The van der Waals surface area contributed by atoms with E-state index in [1.165, 1.54) is 5.56 Å². The predicted molar refractivity (Wildman–Crippen MR) is 84.7 cm³/mol. The zero-order chi connectivity index (χ0) is 16.6. The van der Waals surface area contributed by atoms with Crippen molar-refractivity contribution >= 4 is 17.7 Å². The van der Waals surface area contributed by atoms with E-state index in [1.54, 1.807) is 9.80 Å². The van der Waals surface area contributed by atoms with Crippen LogP contribution in [-0.2, 0) is 20.8 Å². The molecular weight excluding hydrogens is 294 g/mol. The topological polar surface area (TPSA) is 69.7 Å². The summed E-state index contributed by atoms with van der Waals surface area (Å²) in [5.74, 6) is -0.247. The fourth-order valence-corrected chi connectivity index (χ4v) is 3.11. The lowest BCUT2D eigenvalue weighted by Crippen LogP contribution is -2.66. The number of hydrogen-bond donors (Lipinski definition) is 1. The van der Waals surface area contributed by atoms with Crippen LogP contribution in [-0.4, -0.2) is 59.7 Å². The molecule has 1 aromatic rings. The molecule has 2 aliphatic heterocycles. The van der Waals surface area contributed by atoms with Crippen LogP contribution in [0.25, 0.3) is 0 Å². The van der Waals surface area contributed by atoms with Crippen molar-refractivity contribution in [2.24, 2.45) is 0 Å². The van der Waals surface area contributed by atoms with Crippen molar-refractivity contribution in [3.8, 4) is 0 Å². The maximum Gasteiger partial charge on any atom is 0.245 e. The van der Waals surface area contributed by atoms with Gasteiger partial charge in [0.05, 0.1) is 19.5 Å². The minimum Gasteiger partial charge on any atom is -0.345 e. The van der Waals surface area contributed by atoms with Gasteiger partial charge in [0.2, 0.25) is 17.7 Å². The minimum absolute atomic E-state index is 0.00118. The van der Waals surface area contributed by atoms with Crippen LogP contribution in [0.5, 0.6) is 0 Å². The van der Waals surface area contributed by atoms with Gasteiger partial charge in [-0.15, -0.1) is 0 Å². The van der Waals surface area contributed by atoms with E-state index < -0.39 is 6.04 Å². The number of aryl methyl sites for hydroxylation is 2. The first kappa shape index (κ1) is 15.5. The van der Waals surface area contributed by atoms with Gasteiger partial charge in [0.15, 0.2) is 0 Å².